The highest BCUT2D eigenvalue weighted by molar-refractivity contribution is 5.99. The van der Waals surface area contributed by atoms with Gasteiger partial charge in [0.1, 0.15) is 35.8 Å². The molecule has 8 nitrogen and oxygen atoms in total. The van der Waals surface area contributed by atoms with Crippen LogP contribution < -0.4 is 15.0 Å². The van der Waals surface area contributed by atoms with E-state index < -0.39 is 54.3 Å². The summed E-state index contributed by atoms with van der Waals surface area (Å²) >= 11 is 0. The normalized spacial score (nSPS) is 13.9. The molecule has 0 radical (unpaired) electrons. The van der Waals surface area contributed by atoms with E-state index in [2.05, 4.69) is 10.4 Å². The maximum atomic E-state index is 13.8. The van der Waals surface area contributed by atoms with Gasteiger partial charge in [-0.05, 0) is 48.4 Å². The van der Waals surface area contributed by atoms with E-state index in [-0.39, 0.29) is 41.9 Å². The van der Waals surface area contributed by atoms with E-state index in [9.17, 15) is 36.3 Å². The summed E-state index contributed by atoms with van der Waals surface area (Å²) < 4.78 is 74.4. The number of carbonyl (C=O) groups excluding carboxylic acids is 3. The van der Waals surface area contributed by atoms with Crippen LogP contribution in [0.1, 0.15) is 28.9 Å². The number of ketones is 1. The Morgan fingerprint density at radius 2 is 1.75 bits per heavy atom. The van der Waals surface area contributed by atoms with Crippen LogP contribution in [-0.2, 0) is 46.4 Å². The van der Waals surface area contributed by atoms with Crippen LogP contribution in [0.5, 0.6) is 5.75 Å². The highest BCUT2D eigenvalue weighted by Gasteiger charge is 2.41. The van der Waals surface area contributed by atoms with Gasteiger partial charge in [-0.25, -0.2) is 8.78 Å². The van der Waals surface area contributed by atoms with E-state index in [0.29, 0.717) is 17.5 Å². The highest BCUT2D eigenvalue weighted by Crippen LogP contribution is 2.35. The largest absolute Gasteiger partial charge is 0.497 e. The Bertz CT molecular complexity index is 1420. The van der Waals surface area contributed by atoms with E-state index in [4.69, 9.17) is 4.74 Å². The van der Waals surface area contributed by atoms with Gasteiger partial charge in [0.05, 0.1) is 7.11 Å². The minimum absolute atomic E-state index is 0.0104. The first-order chi connectivity index (χ1) is 18.8. The molecule has 0 unspecified atom stereocenters. The SMILES string of the molecule is COc1ccc(N(C)C(=O)[C@H](Cc2cc(F)cc(F)c2)NC(=O)Cn2nc(C(F)(F)F)c3c2CCC(=O)C3)cc1. The molecule has 2 amide bonds. The Hall–Kier alpha value is -4.29. The van der Waals surface area contributed by atoms with Crippen LogP contribution in [0.2, 0.25) is 0 Å². The number of ether oxygens (including phenoxy) is 1. The second-order valence-electron chi connectivity index (χ2n) is 9.34. The van der Waals surface area contributed by atoms with Gasteiger partial charge in [0.2, 0.25) is 11.8 Å². The predicted octanol–water partition coefficient (Wildman–Crippen LogP) is 3.64. The van der Waals surface area contributed by atoms with Crippen molar-refractivity contribution in [3.05, 3.63) is 76.6 Å². The molecule has 212 valence electrons. The van der Waals surface area contributed by atoms with Crippen LogP contribution in [0.4, 0.5) is 27.6 Å². The number of benzene rings is 2. The monoisotopic (exact) mass is 564 g/mol. The molecule has 0 bridgehead atoms. The third-order valence-electron chi connectivity index (χ3n) is 6.53. The number of alkyl halides is 3. The fourth-order valence-electron chi connectivity index (χ4n) is 4.61. The zero-order chi connectivity index (χ0) is 29.2. The van der Waals surface area contributed by atoms with E-state index in [1.807, 2.05) is 0 Å². The molecule has 3 aromatic rings. The van der Waals surface area contributed by atoms with Gasteiger partial charge in [-0.3, -0.25) is 19.1 Å². The van der Waals surface area contributed by atoms with Crippen molar-refractivity contribution in [2.45, 2.75) is 44.4 Å². The molecular formula is C27H25F5N4O4. The van der Waals surface area contributed by atoms with Gasteiger partial charge in [-0.1, -0.05) is 0 Å². The summed E-state index contributed by atoms with van der Waals surface area (Å²) in [6.45, 7) is -0.667. The van der Waals surface area contributed by atoms with Gasteiger partial charge in [0.25, 0.3) is 0 Å². The third kappa shape index (κ3) is 6.46. The molecule has 1 atom stereocenters. The molecule has 0 fully saturated rings. The van der Waals surface area contributed by atoms with Crippen molar-refractivity contribution in [2.75, 3.05) is 19.1 Å². The number of halogens is 5. The number of nitrogens with zero attached hydrogens (tertiary/aromatic N) is 3. The number of nitrogens with one attached hydrogen (secondary N) is 1. The molecule has 0 spiro atoms. The van der Waals surface area contributed by atoms with Crippen molar-refractivity contribution >= 4 is 23.3 Å². The molecular weight excluding hydrogens is 539 g/mol. The Morgan fingerprint density at radius 1 is 1.10 bits per heavy atom. The lowest BCUT2D eigenvalue weighted by Crippen LogP contribution is -2.49. The van der Waals surface area contributed by atoms with Gasteiger partial charge in [-0.2, -0.15) is 18.3 Å². The lowest BCUT2D eigenvalue weighted by atomic mass is 9.94. The van der Waals surface area contributed by atoms with Crippen LogP contribution in [0.15, 0.2) is 42.5 Å². The molecule has 40 heavy (non-hydrogen) atoms. The molecule has 0 saturated carbocycles. The number of methoxy groups -OCH3 is 1. The number of amides is 2. The zero-order valence-corrected chi connectivity index (χ0v) is 21.5. The molecule has 1 aliphatic rings. The molecule has 1 heterocycles. The Kier molecular flexibility index (Phi) is 8.21. The van der Waals surface area contributed by atoms with E-state index in [1.54, 1.807) is 24.3 Å². The fourth-order valence-corrected chi connectivity index (χ4v) is 4.61. The first-order valence-electron chi connectivity index (χ1n) is 12.2. The van der Waals surface area contributed by atoms with Crippen LogP contribution in [0, 0.1) is 11.6 Å². The van der Waals surface area contributed by atoms with E-state index in [0.717, 1.165) is 16.8 Å². The minimum atomic E-state index is -4.83. The molecule has 0 saturated heterocycles. The standard InChI is InChI=1S/C27H25F5N4O4/c1-35(18-3-6-20(40-2)7-4-18)26(39)22(11-15-9-16(28)12-17(29)10-15)33-24(38)14-36-23-8-5-19(37)13-21(23)25(34-36)27(30,31)32/h3-4,6-7,9-10,12,22H,5,8,11,13-14H2,1-2H3,(H,33,38)/t22-/m0/s1. The van der Waals surface area contributed by atoms with Crippen molar-refractivity contribution in [3.63, 3.8) is 0 Å². The number of fused-ring (bicyclic) bond motifs is 1. The predicted molar refractivity (Wildman–Crippen MR) is 133 cm³/mol. The molecule has 0 aliphatic heterocycles. The van der Waals surface area contributed by atoms with Gasteiger partial charge in [0, 0.05) is 49.3 Å². The molecule has 2 aromatic carbocycles. The van der Waals surface area contributed by atoms with Crippen LogP contribution in [0.3, 0.4) is 0 Å². The topological polar surface area (TPSA) is 93.5 Å². The maximum Gasteiger partial charge on any atom is 0.435 e. The second-order valence-corrected chi connectivity index (χ2v) is 9.34. The minimum Gasteiger partial charge on any atom is -0.497 e. The summed E-state index contributed by atoms with van der Waals surface area (Å²) in [6, 6.07) is 7.75. The number of hydrogen-bond donors (Lipinski definition) is 1. The summed E-state index contributed by atoms with van der Waals surface area (Å²) in [5.74, 6) is -3.09. The van der Waals surface area contributed by atoms with Crippen molar-refractivity contribution in [1.29, 1.82) is 0 Å². The first kappa shape index (κ1) is 28.7. The summed E-state index contributed by atoms with van der Waals surface area (Å²) in [5, 5.41) is 6.05. The van der Waals surface area contributed by atoms with Gasteiger partial charge < -0.3 is 15.0 Å². The van der Waals surface area contributed by atoms with E-state index in [1.165, 1.54) is 19.1 Å². The van der Waals surface area contributed by atoms with Crippen molar-refractivity contribution in [3.8, 4) is 5.75 Å². The number of aromatic nitrogens is 2. The number of hydrogen-bond acceptors (Lipinski definition) is 5. The van der Waals surface area contributed by atoms with Gasteiger partial charge >= 0.3 is 6.18 Å². The number of rotatable bonds is 8. The second kappa shape index (κ2) is 11.4. The van der Waals surface area contributed by atoms with Crippen molar-refractivity contribution in [2.24, 2.45) is 0 Å². The molecule has 4 rings (SSSR count). The lowest BCUT2D eigenvalue weighted by Gasteiger charge is -2.25. The van der Waals surface area contributed by atoms with E-state index >= 15 is 0 Å². The van der Waals surface area contributed by atoms with Gasteiger partial charge in [-0.15, -0.1) is 0 Å². The Morgan fingerprint density at radius 3 is 2.35 bits per heavy atom. The van der Waals surface area contributed by atoms with Crippen LogP contribution in [-0.4, -0.2) is 47.6 Å². The summed E-state index contributed by atoms with van der Waals surface area (Å²) in [5.41, 5.74) is -0.874. The van der Waals surface area contributed by atoms with Crippen LogP contribution >= 0.6 is 0 Å². The average Bonchev–Trinajstić information content (AvgIpc) is 3.24. The van der Waals surface area contributed by atoms with Crippen molar-refractivity contribution in [1.82, 2.24) is 15.1 Å². The summed E-state index contributed by atoms with van der Waals surface area (Å²) in [6.07, 6.45) is -5.58. The zero-order valence-electron chi connectivity index (χ0n) is 21.5. The molecule has 1 N–H and O–H groups in total. The number of Topliss-reactive ketones (excluding diaryl/α,β-unsaturated/α-hetero) is 1. The quantitative estimate of drug-likeness (QED) is 0.422. The Balaban J connectivity index is 1.60. The number of carbonyl (C=O) groups is 3. The highest BCUT2D eigenvalue weighted by atomic mass is 19.4. The van der Waals surface area contributed by atoms with Crippen molar-refractivity contribution < 1.29 is 41.1 Å². The Labute approximate surface area is 225 Å². The first-order valence-corrected chi connectivity index (χ1v) is 12.2. The molecule has 13 heteroatoms. The summed E-state index contributed by atoms with van der Waals surface area (Å²) in [7, 11) is 2.91. The average molecular weight is 565 g/mol. The lowest BCUT2D eigenvalue weighted by molar-refractivity contribution is -0.142. The number of likely N-dealkylation sites (N-methyl/N-ethyl adjacent to an activating group) is 1. The van der Waals surface area contributed by atoms with Crippen LogP contribution in [0.25, 0.3) is 0 Å². The third-order valence-corrected chi connectivity index (χ3v) is 6.53. The molecule has 1 aromatic heterocycles. The fraction of sp³-hybridized carbons (Fsp3) is 0.333. The maximum absolute atomic E-state index is 13.8. The van der Waals surface area contributed by atoms with Gasteiger partial charge in [0.15, 0.2) is 5.69 Å². The molecule has 1 aliphatic carbocycles. The number of anilines is 1. The smallest absolute Gasteiger partial charge is 0.435 e. The summed E-state index contributed by atoms with van der Waals surface area (Å²) in [4.78, 5) is 39.5.